The Morgan fingerprint density at radius 2 is 2.07 bits per heavy atom. The number of hydrogen-bond donors (Lipinski definition) is 1. The summed E-state index contributed by atoms with van der Waals surface area (Å²) in [5, 5.41) is 12.4. The molecule has 1 aromatic carbocycles. The Morgan fingerprint density at radius 3 is 2.79 bits per heavy atom. The molecule has 1 N–H and O–H groups in total. The van der Waals surface area contributed by atoms with Crippen molar-refractivity contribution in [3.05, 3.63) is 45.8 Å². The number of ether oxygens (including phenoxy) is 3. The minimum Gasteiger partial charge on any atom is -0.459 e. The quantitative estimate of drug-likeness (QED) is 0.606. The molecule has 1 aromatic heterocycles. The number of carbonyl (C=O) groups excluding carboxylic acids is 2. The molecule has 2 aromatic rings. The van der Waals surface area contributed by atoms with Crippen LogP contribution in [-0.4, -0.2) is 24.8 Å². The number of fused-ring (bicyclic) bond motifs is 1. The van der Waals surface area contributed by atoms with Crippen LogP contribution >= 0.6 is 11.3 Å². The van der Waals surface area contributed by atoms with Gasteiger partial charge in [-0.1, -0.05) is 6.07 Å². The highest BCUT2D eigenvalue weighted by atomic mass is 32.1. The highest BCUT2D eigenvalue weighted by Crippen LogP contribution is 2.34. The summed E-state index contributed by atoms with van der Waals surface area (Å²) < 4.78 is 15.7. The van der Waals surface area contributed by atoms with Crippen molar-refractivity contribution in [1.29, 1.82) is 5.26 Å². The van der Waals surface area contributed by atoms with E-state index in [1.54, 1.807) is 45.0 Å². The van der Waals surface area contributed by atoms with E-state index in [-0.39, 0.29) is 18.5 Å². The molecule has 0 radical (unpaired) electrons. The van der Waals surface area contributed by atoms with Gasteiger partial charge in [0.15, 0.2) is 11.5 Å². The largest absolute Gasteiger partial charge is 0.459 e. The summed E-state index contributed by atoms with van der Waals surface area (Å²) >= 11 is 1.03. The number of thiophene rings is 1. The Bertz CT molecular complexity index is 1000. The monoisotopic (exact) mass is 398 g/mol. The molecule has 144 valence electrons. The summed E-state index contributed by atoms with van der Waals surface area (Å²) in [6.07, 6.45) is 2.69. The van der Waals surface area contributed by atoms with E-state index in [0.29, 0.717) is 26.9 Å². The van der Waals surface area contributed by atoms with E-state index in [2.05, 4.69) is 5.32 Å². The average molecular weight is 398 g/mol. The number of benzene rings is 1. The molecule has 0 unspecified atom stereocenters. The fourth-order valence-corrected chi connectivity index (χ4v) is 3.58. The van der Waals surface area contributed by atoms with Gasteiger partial charge in [0.2, 0.25) is 12.7 Å². The van der Waals surface area contributed by atoms with E-state index in [4.69, 9.17) is 14.2 Å². The molecule has 7 nitrogen and oxygen atoms in total. The molecule has 1 amide bonds. The van der Waals surface area contributed by atoms with Crippen molar-refractivity contribution in [1.82, 2.24) is 0 Å². The number of anilines is 1. The Morgan fingerprint density at radius 1 is 1.32 bits per heavy atom. The van der Waals surface area contributed by atoms with E-state index in [0.717, 1.165) is 16.9 Å². The smallest absolute Gasteiger partial charge is 0.348 e. The molecular weight excluding hydrogens is 380 g/mol. The zero-order chi connectivity index (χ0) is 20.3. The van der Waals surface area contributed by atoms with Crippen LogP contribution < -0.4 is 14.8 Å². The Kier molecular flexibility index (Phi) is 5.66. The van der Waals surface area contributed by atoms with Crippen molar-refractivity contribution >= 4 is 34.3 Å². The lowest BCUT2D eigenvalue weighted by atomic mass is 10.1. The molecule has 0 saturated carbocycles. The second kappa shape index (κ2) is 8.15. The van der Waals surface area contributed by atoms with E-state index >= 15 is 0 Å². The number of esters is 1. The first-order chi connectivity index (χ1) is 13.4. The van der Waals surface area contributed by atoms with Gasteiger partial charge in [0.25, 0.3) is 0 Å². The van der Waals surface area contributed by atoms with Crippen LogP contribution in [0.25, 0.3) is 6.08 Å². The minimum absolute atomic E-state index is 0.180. The number of hydrogen-bond acceptors (Lipinski definition) is 7. The topological polar surface area (TPSA) is 97.7 Å². The fraction of sp³-hybridized carbons (Fsp3) is 0.250. The maximum atomic E-state index is 12.3. The first-order valence-corrected chi connectivity index (χ1v) is 9.34. The van der Waals surface area contributed by atoms with Crippen LogP contribution in [0.4, 0.5) is 5.00 Å². The molecule has 0 bridgehead atoms. The number of nitriles is 1. The second-order valence-electron chi connectivity index (χ2n) is 6.26. The van der Waals surface area contributed by atoms with Gasteiger partial charge >= 0.3 is 5.97 Å². The SMILES string of the molecule is Cc1c(C(=O)OC(C)C)sc(NC(=O)C=Cc2ccc3c(c2)OCO3)c1C#N. The predicted octanol–water partition coefficient (Wildman–Crippen LogP) is 3.87. The Labute approximate surface area is 166 Å². The first-order valence-electron chi connectivity index (χ1n) is 8.52. The van der Waals surface area contributed by atoms with Gasteiger partial charge in [-0.15, -0.1) is 11.3 Å². The molecule has 8 heteroatoms. The van der Waals surface area contributed by atoms with Crippen LogP contribution in [0.15, 0.2) is 24.3 Å². The summed E-state index contributed by atoms with van der Waals surface area (Å²) in [6.45, 7) is 5.33. The fourth-order valence-electron chi connectivity index (χ4n) is 2.54. The number of nitrogens with one attached hydrogen (secondary N) is 1. The Balaban J connectivity index is 1.75. The van der Waals surface area contributed by atoms with Crippen molar-refractivity contribution in [2.75, 3.05) is 12.1 Å². The van der Waals surface area contributed by atoms with Gasteiger partial charge in [-0.2, -0.15) is 5.26 Å². The molecule has 0 atom stereocenters. The molecule has 1 aliphatic rings. The lowest BCUT2D eigenvalue weighted by Gasteiger charge is -2.06. The maximum Gasteiger partial charge on any atom is 0.348 e. The number of amides is 1. The number of nitrogens with zero attached hydrogens (tertiary/aromatic N) is 1. The third-order valence-electron chi connectivity index (χ3n) is 3.85. The molecule has 0 aliphatic carbocycles. The van der Waals surface area contributed by atoms with Crippen molar-refractivity contribution in [3.63, 3.8) is 0 Å². The molecule has 28 heavy (non-hydrogen) atoms. The zero-order valence-corrected chi connectivity index (χ0v) is 16.4. The van der Waals surface area contributed by atoms with Crippen molar-refractivity contribution < 1.29 is 23.8 Å². The van der Waals surface area contributed by atoms with Gasteiger partial charge in [0.05, 0.1) is 11.7 Å². The summed E-state index contributed by atoms with van der Waals surface area (Å²) in [6, 6.07) is 7.36. The van der Waals surface area contributed by atoms with Crippen molar-refractivity contribution in [2.24, 2.45) is 0 Å². The lowest BCUT2D eigenvalue weighted by molar-refractivity contribution is -0.111. The van der Waals surface area contributed by atoms with Crippen molar-refractivity contribution in [2.45, 2.75) is 26.9 Å². The molecule has 1 aliphatic heterocycles. The van der Waals surface area contributed by atoms with Crippen LogP contribution in [0.5, 0.6) is 11.5 Å². The number of carbonyl (C=O) groups is 2. The standard InChI is InChI=1S/C20H18N2O5S/c1-11(2)27-20(24)18-12(3)14(9-21)19(28-18)22-17(23)7-5-13-4-6-15-16(8-13)26-10-25-15/h4-8,11H,10H2,1-3H3,(H,22,23). The van der Waals surface area contributed by atoms with Crippen LogP contribution in [0.3, 0.4) is 0 Å². The van der Waals surface area contributed by atoms with Crippen molar-refractivity contribution in [3.8, 4) is 17.6 Å². The minimum atomic E-state index is -0.509. The van der Waals surface area contributed by atoms with Gasteiger partial charge in [-0.25, -0.2) is 4.79 Å². The average Bonchev–Trinajstić information content (AvgIpc) is 3.23. The van der Waals surface area contributed by atoms with Gasteiger partial charge < -0.3 is 19.5 Å². The van der Waals surface area contributed by atoms with Crippen LogP contribution in [0.2, 0.25) is 0 Å². The normalized spacial score (nSPS) is 12.2. The third-order valence-corrected chi connectivity index (χ3v) is 5.03. The van der Waals surface area contributed by atoms with Gasteiger partial charge in [0.1, 0.15) is 15.9 Å². The summed E-state index contributed by atoms with van der Waals surface area (Å²) in [7, 11) is 0. The zero-order valence-electron chi connectivity index (χ0n) is 15.6. The maximum absolute atomic E-state index is 12.3. The van der Waals surface area contributed by atoms with Crippen LogP contribution in [0, 0.1) is 18.3 Å². The second-order valence-corrected chi connectivity index (χ2v) is 7.28. The third kappa shape index (κ3) is 4.15. The first kappa shape index (κ1) is 19.5. The highest BCUT2D eigenvalue weighted by Gasteiger charge is 2.22. The van der Waals surface area contributed by atoms with Gasteiger partial charge in [-0.3, -0.25) is 4.79 Å². The van der Waals surface area contributed by atoms with Crippen LogP contribution in [0.1, 0.15) is 40.2 Å². The summed E-state index contributed by atoms with van der Waals surface area (Å²) in [4.78, 5) is 24.8. The highest BCUT2D eigenvalue weighted by molar-refractivity contribution is 7.18. The van der Waals surface area contributed by atoms with E-state index < -0.39 is 11.9 Å². The van der Waals surface area contributed by atoms with Crippen LogP contribution in [-0.2, 0) is 9.53 Å². The molecule has 3 rings (SSSR count). The lowest BCUT2D eigenvalue weighted by Crippen LogP contribution is -2.11. The summed E-state index contributed by atoms with van der Waals surface area (Å²) in [5.74, 6) is 0.358. The van der Waals surface area contributed by atoms with Gasteiger partial charge in [0, 0.05) is 6.08 Å². The molecule has 2 heterocycles. The van der Waals surface area contributed by atoms with E-state index in [1.807, 2.05) is 6.07 Å². The summed E-state index contributed by atoms with van der Waals surface area (Å²) in [5.41, 5.74) is 1.52. The number of rotatable bonds is 5. The van der Waals surface area contributed by atoms with E-state index in [1.165, 1.54) is 6.08 Å². The predicted molar refractivity (Wildman–Crippen MR) is 105 cm³/mol. The molecule has 0 saturated heterocycles. The Hall–Kier alpha value is -3.31. The molecule has 0 spiro atoms. The molecular formula is C20H18N2O5S. The van der Waals surface area contributed by atoms with Gasteiger partial charge in [-0.05, 0) is 50.1 Å². The molecule has 0 fully saturated rings. The van der Waals surface area contributed by atoms with E-state index in [9.17, 15) is 14.9 Å².